The van der Waals surface area contributed by atoms with Crippen LogP contribution in [-0.4, -0.2) is 19.7 Å². The lowest BCUT2D eigenvalue weighted by atomic mass is 10.2. The highest BCUT2D eigenvalue weighted by molar-refractivity contribution is 7.16. The molecule has 3 aromatic heterocycles. The molecule has 19 heavy (non-hydrogen) atoms. The van der Waals surface area contributed by atoms with Gasteiger partial charge in [-0.2, -0.15) is 5.10 Å². The molecule has 3 heterocycles. The van der Waals surface area contributed by atoms with Gasteiger partial charge in [-0.25, -0.2) is 9.97 Å². The zero-order chi connectivity index (χ0) is 13.6. The summed E-state index contributed by atoms with van der Waals surface area (Å²) in [6.07, 6.45) is 0. The third-order valence-corrected chi connectivity index (χ3v) is 4.45. The Balaban J connectivity index is 2.03. The van der Waals surface area contributed by atoms with Gasteiger partial charge in [0, 0.05) is 11.1 Å². The van der Waals surface area contributed by atoms with Gasteiger partial charge < -0.3 is 0 Å². The predicted octanol–water partition coefficient (Wildman–Crippen LogP) is 3.51. The molecule has 0 amide bonds. The van der Waals surface area contributed by atoms with Crippen molar-refractivity contribution in [2.75, 3.05) is 0 Å². The normalized spacial score (nSPS) is 11.4. The molecule has 0 atom stereocenters. The van der Waals surface area contributed by atoms with Crippen molar-refractivity contribution in [3.63, 3.8) is 0 Å². The van der Waals surface area contributed by atoms with E-state index in [1.54, 1.807) is 11.3 Å². The van der Waals surface area contributed by atoms with Crippen LogP contribution in [0.2, 0.25) is 5.15 Å². The minimum absolute atomic E-state index is 0.513. The van der Waals surface area contributed by atoms with Crippen LogP contribution in [0.4, 0.5) is 0 Å². The van der Waals surface area contributed by atoms with Crippen LogP contribution in [0.1, 0.15) is 22.8 Å². The first-order valence-corrected chi connectivity index (χ1v) is 7.22. The molecule has 4 nitrogen and oxygen atoms in total. The van der Waals surface area contributed by atoms with Crippen LogP contribution in [0.15, 0.2) is 11.4 Å². The molecular weight excluding hydrogens is 280 g/mol. The lowest BCUT2D eigenvalue weighted by molar-refractivity contribution is 0.634. The number of halogens is 1. The molecule has 0 aliphatic rings. The maximum absolute atomic E-state index is 6.17. The number of thiophene rings is 1. The Morgan fingerprint density at radius 1 is 1.26 bits per heavy atom. The van der Waals surface area contributed by atoms with Crippen LogP contribution in [0.25, 0.3) is 10.2 Å². The fourth-order valence-corrected chi connectivity index (χ4v) is 3.09. The standard InChI is InChI=1S/C13H13ClN4S/c1-7-8(2)17-18(9(7)3)6-11-15-12(14)10-4-5-19-13(10)16-11/h4-5H,6H2,1-3H3. The monoisotopic (exact) mass is 292 g/mol. The van der Waals surface area contributed by atoms with E-state index in [0.29, 0.717) is 17.5 Å². The Bertz CT molecular complexity index is 759. The van der Waals surface area contributed by atoms with Gasteiger partial charge in [0.25, 0.3) is 0 Å². The van der Waals surface area contributed by atoms with E-state index in [1.165, 1.54) is 5.56 Å². The molecule has 0 fully saturated rings. The molecule has 0 N–H and O–H groups in total. The largest absolute Gasteiger partial charge is 0.262 e. The molecule has 3 aromatic rings. The average molecular weight is 293 g/mol. The van der Waals surface area contributed by atoms with Gasteiger partial charge in [0.1, 0.15) is 16.5 Å². The Labute approximate surface area is 120 Å². The van der Waals surface area contributed by atoms with Crippen molar-refractivity contribution in [1.82, 2.24) is 19.7 Å². The highest BCUT2D eigenvalue weighted by atomic mass is 35.5. The first-order chi connectivity index (χ1) is 9.06. The fraction of sp³-hybridized carbons (Fsp3) is 0.308. The highest BCUT2D eigenvalue weighted by Gasteiger charge is 2.11. The summed E-state index contributed by atoms with van der Waals surface area (Å²) in [4.78, 5) is 9.81. The number of aromatic nitrogens is 4. The van der Waals surface area contributed by atoms with E-state index < -0.39 is 0 Å². The molecule has 0 radical (unpaired) electrons. The van der Waals surface area contributed by atoms with Crippen molar-refractivity contribution >= 4 is 33.2 Å². The second-order valence-electron chi connectivity index (χ2n) is 4.52. The Morgan fingerprint density at radius 3 is 2.74 bits per heavy atom. The minimum Gasteiger partial charge on any atom is -0.262 e. The molecule has 0 unspecified atom stereocenters. The Hall–Kier alpha value is -1.46. The van der Waals surface area contributed by atoms with E-state index in [2.05, 4.69) is 28.9 Å². The van der Waals surface area contributed by atoms with Crippen LogP contribution < -0.4 is 0 Å². The summed E-state index contributed by atoms with van der Waals surface area (Å²) in [6.45, 7) is 6.69. The number of aryl methyl sites for hydroxylation is 1. The fourth-order valence-electron chi connectivity index (χ4n) is 2.01. The first-order valence-electron chi connectivity index (χ1n) is 5.96. The van der Waals surface area contributed by atoms with Crippen molar-refractivity contribution < 1.29 is 0 Å². The van der Waals surface area contributed by atoms with Crippen LogP contribution in [0, 0.1) is 20.8 Å². The van der Waals surface area contributed by atoms with E-state index in [4.69, 9.17) is 11.6 Å². The summed E-state index contributed by atoms with van der Waals surface area (Å²) in [7, 11) is 0. The predicted molar refractivity (Wildman–Crippen MR) is 78.0 cm³/mol. The molecule has 3 rings (SSSR count). The summed E-state index contributed by atoms with van der Waals surface area (Å²) in [6, 6.07) is 1.94. The SMILES string of the molecule is Cc1nn(Cc2nc(Cl)c3ccsc3n2)c(C)c1C. The van der Waals surface area contributed by atoms with Gasteiger partial charge in [-0.3, -0.25) is 4.68 Å². The van der Waals surface area contributed by atoms with E-state index in [0.717, 1.165) is 21.6 Å². The molecule has 6 heteroatoms. The van der Waals surface area contributed by atoms with E-state index in [1.807, 2.05) is 23.1 Å². The lowest BCUT2D eigenvalue weighted by Crippen LogP contribution is -2.07. The second kappa shape index (κ2) is 4.58. The van der Waals surface area contributed by atoms with Crippen LogP contribution >= 0.6 is 22.9 Å². The van der Waals surface area contributed by atoms with Gasteiger partial charge in [-0.05, 0) is 37.8 Å². The molecule has 0 aliphatic heterocycles. The summed E-state index contributed by atoms with van der Waals surface area (Å²) in [5, 5.41) is 7.90. The maximum Gasteiger partial charge on any atom is 0.153 e. The van der Waals surface area contributed by atoms with Crippen LogP contribution in [0.3, 0.4) is 0 Å². The Morgan fingerprint density at radius 2 is 2.05 bits per heavy atom. The Kier molecular flexibility index (Phi) is 3.03. The smallest absolute Gasteiger partial charge is 0.153 e. The van der Waals surface area contributed by atoms with E-state index in [-0.39, 0.29) is 0 Å². The van der Waals surface area contributed by atoms with Gasteiger partial charge in [-0.1, -0.05) is 11.6 Å². The molecule has 0 aliphatic carbocycles. The van der Waals surface area contributed by atoms with Crippen molar-refractivity contribution in [3.8, 4) is 0 Å². The number of hydrogen-bond acceptors (Lipinski definition) is 4. The van der Waals surface area contributed by atoms with Crippen molar-refractivity contribution in [2.45, 2.75) is 27.3 Å². The molecule has 0 saturated carbocycles. The minimum atomic E-state index is 0.513. The number of fused-ring (bicyclic) bond motifs is 1. The van der Waals surface area contributed by atoms with Crippen molar-refractivity contribution in [3.05, 3.63) is 39.4 Å². The van der Waals surface area contributed by atoms with Gasteiger partial charge >= 0.3 is 0 Å². The van der Waals surface area contributed by atoms with Gasteiger partial charge in [-0.15, -0.1) is 11.3 Å². The zero-order valence-corrected chi connectivity index (χ0v) is 12.5. The second-order valence-corrected chi connectivity index (χ2v) is 5.78. The van der Waals surface area contributed by atoms with Gasteiger partial charge in [0.05, 0.1) is 5.69 Å². The zero-order valence-electron chi connectivity index (χ0n) is 10.9. The van der Waals surface area contributed by atoms with E-state index >= 15 is 0 Å². The lowest BCUT2D eigenvalue weighted by Gasteiger charge is -2.04. The summed E-state index contributed by atoms with van der Waals surface area (Å²) >= 11 is 7.75. The maximum atomic E-state index is 6.17. The van der Waals surface area contributed by atoms with E-state index in [9.17, 15) is 0 Å². The number of rotatable bonds is 2. The molecule has 0 saturated heterocycles. The van der Waals surface area contributed by atoms with Gasteiger partial charge in [0.15, 0.2) is 5.82 Å². The molecule has 0 bridgehead atoms. The molecule has 0 aromatic carbocycles. The van der Waals surface area contributed by atoms with Crippen molar-refractivity contribution in [1.29, 1.82) is 0 Å². The average Bonchev–Trinajstić information content (AvgIpc) is 2.92. The third-order valence-electron chi connectivity index (χ3n) is 3.36. The molecular formula is C13H13ClN4S. The van der Waals surface area contributed by atoms with Crippen molar-refractivity contribution in [2.24, 2.45) is 0 Å². The number of hydrogen-bond donors (Lipinski definition) is 0. The third kappa shape index (κ3) is 2.13. The number of nitrogens with zero attached hydrogens (tertiary/aromatic N) is 4. The van der Waals surface area contributed by atoms with Gasteiger partial charge in [0.2, 0.25) is 0 Å². The summed E-state index contributed by atoms with van der Waals surface area (Å²) in [5.74, 6) is 0.700. The quantitative estimate of drug-likeness (QED) is 0.679. The van der Waals surface area contributed by atoms with Crippen LogP contribution in [0.5, 0.6) is 0 Å². The molecule has 98 valence electrons. The first kappa shape index (κ1) is 12.6. The van der Waals surface area contributed by atoms with Crippen LogP contribution in [-0.2, 0) is 6.54 Å². The topological polar surface area (TPSA) is 43.6 Å². The summed E-state index contributed by atoms with van der Waals surface area (Å²) in [5.41, 5.74) is 3.40. The highest BCUT2D eigenvalue weighted by Crippen LogP contribution is 2.25. The molecule has 0 spiro atoms. The summed E-state index contributed by atoms with van der Waals surface area (Å²) < 4.78 is 1.93.